The highest BCUT2D eigenvalue weighted by Crippen LogP contribution is 2.30. The van der Waals surface area contributed by atoms with Crippen molar-refractivity contribution < 1.29 is 13.2 Å². The number of fused-ring (bicyclic) bond motifs is 2. The van der Waals surface area contributed by atoms with Crippen molar-refractivity contribution in [3.63, 3.8) is 0 Å². The maximum atomic E-state index is 14.4. The summed E-state index contributed by atoms with van der Waals surface area (Å²) < 4.78 is 43.5. The summed E-state index contributed by atoms with van der Waals surface area (Å²) in [5, 5.41) is 7.51. The van der Waals surface area contributed by atoms with E-state index in [0.717, 1.165) is 6.54 Å². The van der Waals surface area contributed by atoms with Crippen LogP contribution in [0.25, 0.3) is 27.9 Å². The summed E-state index contributed by atoms with van der Waals surface area (Å²) in [6.07, 6.45) is -1.22. The SMILES string of the molecule is Cc1nc2ccc(-c3ccn4nc(N[C@H]5CCN(C)C[C@H]5F)nc(N)c34)nc2n1CC(F)F. The zero-order chi connectivity index (χ0) is 23.3. The normalized spacial score (nSPS) is 19.7. The molecule has 5 rings (SSSR count). The molecule has 1 aliphatic rings. The van der Waals surface area contributed by atoms with Crippen molar-refractivity contribution in [2.75, 3.05) is 31.2 Å². The van der Waals surface area contributed by atoms with E-state index >= 15 is 0 Å². The first-order chi connectivity index (χ1) is 15.8. The van der Waals surface area contributed by atoms with Crippen LogP contribution in [0.15, 0.2) is 24.4 Å². The molecule has 1 saturated heterocycles. The van der Waals surface area contributed by atoms with E-state index in [2.05, 4.69) is 25.4 Å². The van der Waals surface area contributed by atoms with E-state index in [4.69, 9.17) is 5.73 Å². The van der Waals surface area contributed by atoms with Gasteiger partial charge < -0.3 is 20.5 Å². The van der Waals surface area contributed by atoms with Crippen molar-refractivity contribution in [3.05, 3.63) is 30.2 Å². The highest BCUT2D eigenvalue weighted by atomic mass is 19.3. The Hall–Kier alpha value is -3.41. The molecule has 0 radical (unpaired) electrons. The molecule has 33 heavy (non-hydrogen) atoms. The number of aromatic nitrogens is 6. The van der Waals surface area contributed by atoms with E-state index < -0.39 is 25.2 Å². The molecule has 0 aliphatic carbocycles. The molecule has 0 amide bonds. The summed E-state index contributed by atoms with van der Waals surface area (Å²) in [7, 11) is 1.89. The average molecular weight is 459 g/mol. The Morgan fingerprint density at radius 2 is 2.03 bits per heavy atom. The number of alkyl halides is 3. The first-order valence-electron chi connectivity index (χ1n) is 10.7. The van der Waals surface area contributed by atoms with Gasteiger partial charge in [-0.15, -0.1) is 5.10 Å². The van der Waals surface area contributed by atoms with Crippen LogP contribution in [0.4, 0.5) is 24.9 Å². The van der Waals surface area contributed by atoms with Gasteiger partial charge in [0.1, 0.15) is 23.0 Å². The van der Waals surface area contributed by atoms with Crippen LogP contribution in [0.1, 0.15) is 12.2 Å². The predicted octanol–water partition coefficient (Wildman–Crippen LogP) is 2.75. The lowest BCUT2D eigenvalue weighted by Crippen LogP contribution is -2.46. The van der Waals surface area contributed by atoms with Crippen molar-refractivity contribution >= 4 is 28.4 Å². The summed E-state index contributed by atoms with van der Waals surface area (Å²) in [4.78, 5) is 15.2. The number of hydrogen-bond donors (Lipinski definition) is 2. The van der Waals surface area contributed by atoms with Gasteiger partial charge in [0.15, 0.2) is 11.5 Å². The summed E-state index contributed by atoms with van der Waals surface area (Å²) in [6.45, 7) is 2.31. The molecule has 4 aromatic rings. The van der Waals surface area contributed by atoms with Gasteiger partial charge in [-0.3, -0.25) is 0 Å². The van der Waals surface area contributed by atoms with Crippen LogP contribution < -0.4 is 11.1 Å². The monoisotopic (exact) mass is 459 g/mol. The number of pyridine rings is 1. The molecule has 0 bridgehead atoms. The minimum absolute atomic E-state index is 0.204. The summed E-state index contributed by atoms with van der Waals surface area (Å²) in [5.41, 5.74) is 8.89. The largest absolute Gasteiger partial charge is 0.382 e. The highest BCUT2D eigenvalue weighted by Gasteiger charge is 2.28. The zero-order valence-corrected chi connectivity index (χ0v) is 18.2. The number of likely N-dealkylation sites (tertiary alicyclic amines) is 1. The fourth-order valence-corrected chi connectivity index (χ4v) is 4.33. The molecule has 2 atom stereocenters. The van der Waals surface area contributed by atoms with Gasteiger partial charge in [0, 0.05) is 24.8 Å². The number of hydrogen-bond acceptors (Lipinski definition) is 7. The fourth-order valence-electron chi connectivity index (χ4n) is 4.33. The molecule has 1 fully saturated rings. The Bertz CT molecular complexity index is 1320. The quantitative estimate of drug-likeness (QED) is 0.473. The zero-order valence-electron chi connectivity index (χ0n) is 18.2. The van der Waals surface area contributed by atoms with E-state index in [1.54, 1.807) is 35.8 Å². The van der Waals surface area contributed by atoms with Gasteiger partial charge in [-0.2, -0.15) is 4.98 Å². The van der Waals surface area contributed by atoms with E-state index in [0.29, 0.717) is 46.7 Å². The Labute approximate surface area is 187 Å². The second-order valence-electron chi connectivity index (χ2n) is 8.36. The summed E-state index contributed by atoms with van der Waals surface area (Å²) in [6, 6.07) is 4.89. The van der Waals surface area contributed by atoms with Gasteiger partial charge in [-0.05, 0) is 38.6 Å². The molecule has 3 N–H and O–H groups in total. The van der Waals surface area contributed by atoms with Crippen molar-refractivity contribution in [2.45, 2.75) is 38.5 Å². The van der Waals surface area contributed by atoms with Crippen molar-refractivity contribution in [3.8, 4) is 11.3 Å². The van der Waals surface area contributed by atoms with E-state index in [1.165, 1.54) is 4.57 Å². The minimum Gasteiger partial charge on any atom is -0.382 e. The van der Waals surface area contributed by atoms with Crippen molar-refractivity contribution in [1.82, 2.24) is 34.0 Å². The third-order valence-corrected chi connectivity index (χ3v) is 5.98. The van der Waals surface area contributed by atoms with Crippen LogP contribution in [0, 0.1) is 6.92 Å². The van der Waals surface area contributed by atoms with Gasteiger partial charge in [0.25, 0.3) is 6.43 Å². The van der Waals surface area contributed by atoms with E-state index in [9.17, 15) is 13.2 Å². The number of anilines is 2. The number of rotatable bonds is 5. The van der Waals surface area contributed by atoms with Crippen LogP contribution in [0.5, 0.6) is 0 Å². The predicted molar refractivity (Wildman–Crippen MR) is 119 cm³/mol. The van der Waals surface area contributed by atoms with Crippen LogP contribution in [-0.4, -0.2) is 72.8 Å². The third-order valence-electron chi connectivity index (χ3n) is 5.98. The van der Waals surface area contributed by atoms with E-state index in [-0.39, 0.29) is 11.8 Å². The fraction of sp³-hybridized carbons (Fsp3) is 0.429. The molecular formula is C21H24F3N9. The lowest BCUT2D eigenvalue weighted by atomic mass is 10.0. The summed E-state index contributed by atoms with van der Waals surface area (Å²) >= 11 is 0. The van der Waals surface area contributed by atoms with Crippen LogP contribution in [0.2, 0.25) is 0 Å². The number of nitrogens with two attached hydrogens (primary N) is 1. The number of nitrogens with zero attached hydrogens (tertiary/aromatic N) is 7. The van der Waals surface area contributed by atoms with Crippen LogP contribution in [-0.2, 0) is 6.54 Å². The smallest absolute Gasteiger partial charge is 0.256 e. The highest BCUT2D eigenvalue weighted by molar-refractivity contribution is 5.88. The molecule has 12 heteroatoms. The second kappa shape index (κ2) is 8.18. The Morgan fingerprint density at radius 3 is 2.79 bits per heavy atom. The second-order valence-corrected chi connectivity index (χ2v) is 8.36. The van der Waals surface area contributed by atoms with Crippen LogP contribution in [0.3, 0.4) is 0 Å². The molecule has 9 nitrogen and oxygen atoms in total. The van der Waals surface area contributed by atoms with Crippen molar-refractivity contribution in [2.24, 2.45) is 0 Å². The number of nitrogen functional groups attached to an aromatic ring is 1. The van der Waals surface area contributed by atoms with Gasteiger partial charge in [-0.1, -0.05) is 0 Å². The minimum atomic E-state index is -2.52. The molecule has 174 valence electrons. The topological polar surface area (TPSA) is 102 Å². The number of imidazole rings is 1. The Balaban J connectivity index is 1.50. The Morgan fingerprint density at radius 1 is 1.21 bits per heavy atom. The Kier molecular flexibility index (Phi) is 5.31. The lowest BCUT2D eigenvalue weighted by Gasteiger charge is -2.32. The number of aryl methyl sites for hydroxylation is 1. The first-order valence-corrected chi connectivity index (χ1v) is 10.7. The molecular weight excluding hydrogens is 435 g/mol. The third kappa shape index (κ3) is 3.94. The standard InChI is InChI=1S/C21H24F3N9/c1-11-26-16-4-3-14(27-20(16)32(11)10-17(23)24)12-5-8-33-18(12)19(25)29-21(30-33)28-15-6-7-31(2)9-13(15)22/h3-5,8,13,15,17H,6-7,9-10H2,1-2H3,(H3,25,28,29,30)/t13-,15+/m1/s1. The molecule has 0 spiro atoms. The first kappa shape index (κ1) is 21.4. The number of nitrogens with one attached hydrogen (secondary N) is 1. The van der Waals surface area contributed by atoms with E-state index in [1.807, 2.05) is 11.9 Å². The van der Waals surface area contributed by atoms with Gasteiger partial charge in [0.05, 0.1) is 18.3 Å². The van der Waals surface area contributed by atoms with Crippen LogP contribution >= 0.6 is 0 Å². The maximum Gasteiger partial charge on any atom is 0.256 e. The van der Waals surface area contributed by atoms with Gasteiger partial charge >= 0.3 is 0 Å². The molecule has 0 saturated carbocycles. The van der Waals surface area contributed by atoms with Gasteiger partial charge in [-0.25, -0.2) is 27.7 Å². The number of halogens is 3. The molecule has 4 aromatic heterocycles. The molecule has 1 aliphatic heterocycles. The molecule has 0 aromatic carbocycles. The number of piperidine rings is 1. The van der Waals surface area contributed by atoms with Crippen molar-refractivity contribution in [1.29, 1.82) is 0 Å². The molecule has 5 heterocycles. The maximum absolute atomic E-state index is 14.4. The lowest BCUT2D eigenvalue weighted by molar-refractivity contribution is 0.127. The summed E-state index contributed by atoms with van der Waals surface area (Å²) in [5.74, 6) is 0.915. The average Bonchev–Trinajstić information content (AvgIpc) is 3.31. The molecule has 0 unspecified atom stereocenters. The van der Waals surface area contributed by atoms with Gasteiger partial charge in [0.2, 0.25) is 5.95 Å².